The number of halogens is 1. The topological polar surface area (TPSA) is 89.2 Å². The van der Waals surface area contributed by atoms with Crippen molar-refractivity contribution in [1.29, 1.82) is 0 Å². The van der Waals surface area contributed by atoms with Crippen LogP contribution in [0, 0.1) is 0 Å². The van der Waals surface area contributed by atoms with Gasteiger partial charge in [-0.3, -0.25) is 9.59 Å². The SMILES string of the molecule is CNC(=O)c1cccc(NC(=O)c2cc(-c3ccco3)n(-c3cccc(Cl)c3)n2)c1. The highest BCUT2D eigenvalue weighted by Crippen LogP contribution is 2.26. The predicted molar refractivity (Wildman–Crippen MR) is 114 cm³/mol. The number of rotatable bonds is 5. The van der Waals surface area contributed by atoms with E-state index in [0.29, 0.717) is 33.4 Å². The number of hydrogen-bond acceptors (Lipinski definition) is 4. The molecule has 4 rings (SSSR count). The Bertz CT molecular complexity index is 1210. The molecule has 30 heavy (non-hydrogen) atoms. The van der Waals surface area contributed by atoms with Gasteiger partial charge in [-0.25, -0.2) is 4.68 Å². The van der Waals surface area contributed by atoms with Crippen molar-refractivity contribution in [2.75, 3.05) is 12.4 Å². The molecule has 2 amide bonds. The minimum absolute atomic E-state index is 0.187. The fourth-order valence-electron chi connectivity index (χ4n) is 2.97. The number of carbonyl (C=O) groups excluding carboxylic acids is 2. The fraction of sp³-hybridized carbons (Fsp3) is 0.0455. The lowest BCUT2D eigenvalue weighted by molar-refractivity contribution is 0.0961. The van der Waals surface area contributed by atoms with Crippen LogP contribution in [0.3, 0.4) is 0 Å². The van der Waals surface area contributed by atoms with E-state index in [9.17, 15) is 9.59 Å². The summed E-state index contributed by atoms with van der Waals surface area (Å²) in [4.78, 5) is 24.7. The molecule has 150 valence electrons. The van der Waals surface area contributed by atoms with Crippen LogP contribution < -0.4 is 10.6 Å². The molecule has 2 heterocycles. The van der Waals surface area contributed by atoms with Gasteiger partial charge in [-0.15, -0.1) is 0 Å². The third kappa shape index (κ3) is 3.97. The van der Waals surface area contributed by atoms with Crippen molar-refractivity contribution in [2.24, 2.45) is 0 Å². The maximum Gasteiger partial charge on any atom is 0.276 e. The smallest absolute Gasteiger partial charge is 0.276 e. The second-order valence-electron chi connectivity index (χ2n) is 6.40. The van der Waals surface area contributed by atoms with Crippen LogP contribution in [0.25, 0.3) is 17.1 Å². The number of nitrogens with one attached hydrogen (secondary N) is 2. The van der Waals surface area contributed by atoms with Crippen LogP contribution in [-0.2, 0) is 0 Å². The number of furan rings is 1. The molecule has 0 saturated carbocycles. The highest BCUT2D eigenvalue weighted by molar-refractivity contribution is 6.30. The Morgan fingerprint density at radius 3 is 2.57 bits per heavy atom. The first-order chi connectivity index (χ1) is 14.5. The summed E-state index contributed by atoms with van der Waals surface area (Å²) in [6, 6.07) is 19.0. The first-order valence-electron chi connectivity index (χ1n) is 9.08. The maximum atomic E-state index is 12.9. The van der Waals surface area contributed by atoms with Gasteiger partial charge in [-0.05, 0) is 48.5 Å². The average molecular weight is 421 g/mol. The van der Waals surface area contributed by atoms with Crippen molar-refractivity contribution < 1.29 is 14.0 Å². The summed E-state index contributed by atoms with van der Waals surface area (Å²) in [5, 5.41) is 10.3. The summed E-state index contributed by atoms with van der Waals surface area (Å²) in [7, 11) is 1.55. The number of hydrogen-bond donors (Lipinski definition) is 2. The Hall–Kier alpha value is -3.84. The summed E-state index contributed by atoms with van der Waals surface area (Å²) < 4.78 is 7.11. The molecule has 0 unspecified atom stereocenters. The zero-order valence-corrected chi connectivity index (χ0v) is 16.7. The molecule has 0 aliphatic rings. The standard InChI is InChI=1S/C22H17ClN4O3/c1-24-21(28)14-5-2-7-16(11-14)25-22(29)18-13-19(20-9-4-10-30-20)27(26-18)17-8-3-6-15(23)12-17/h2-13H,1H3,(H,24,28)(H,25,29). The highest BCUT2D eigenvalue weighted by atomic mass is 35.5. The van der Waals surface area contributed by atoms with Crippen molar-refractivity contribution in [2.45, 2.75) is 0 Å². The molecule has 0 radical (unpaired) electrons. The van der Waals surface area contributed by atoms with Crippen LogP contribution in [0.15, 0.2) is 77.4 Å². The van der Waals surface area contributed by atoms with Crippen LogP contribution in [0.5, 0.6) is 0 Å². The molecular formula is C22H17ClN4O3. The zero-order chi connectivity index (χ0) is 21.1. The van der Waals surface area contributed by atoms with Crippen LogP contribution in [-0.4, -0.2) is 28.6 Å². The molecule has 2 aromatic carbocycles. The van der Waals surface area contributed by atoms with E-state index >= 15 is 0 Å². The Kier molecular flexibility index (Phi) is 5.36. The van der Waals surface area contributed by atoms with Gasteiger partial charge in [0.05, 0.1) is 12.0 Å². The Morgan fingerprint density at radius 1 is 1.00 bits per heavy atom. The first-order valence-corrected chi connectivity index (χ1v) is 9.46. The lowest BCUT2D eigenvalue weighted by Crippen LogP contribution is -2.18. The number of nitrogens with zero attached hydrogens (tertiary/aromatic N) is 2. The first kappa shape index (κ1) is 19.5. The van der Waals surface area contributed by atoms with E-state index in [1.54, 1.807) is 78.7 Å². The van der Waals surface area contributed by atoms with E-state index in [0.717, 1.165) is 0 Å². The lowest BCUT2D eigenvalue weighted by atomic mass is 10.2. The summed E-state index contributed by atoms with van der Waals surface area (Å²) >= 11 is 6.12. The monoisotopic (exact) mass is 420 g/mol. The summed E-state index contributed by atoms with van der Waals surface area (Å²) in [6.45, 7) is 0. The third-order valence-electron chi connectivity index (χ3n) is 4.38. The van der Waals surface area contributed by atoms with Crippen molar-refractivity contribution in [3.8, 4) is 17.1 Å². The van der Waals surface area contributed by atoms with Crippen molar-refractivity contribution in [1.82, 2.24) is 15.1 Å². The maximum absolute atomic E-state index is 12.9. The molecule has 0 fully saturated rings. The zero-order valence-electron chi connectivity index (χ0n) is 15.9. The van der Waals surface area contributed by atoms with Crippen LogP contribution in [0.2, 0.25) is 5.02 Å². The van der Waals surface area contributed by atoms with E-state index in [2.05, 4.69) is 15.7 Å². The quantitative estimate of drug-likeness (QED) is 0.501. The number of anilines is 1. The fourth-order valence-corrected chi connectivity index (χ4v) is 3.16. The second kappa shape index (κ2) is 8.26. The van der Waals surface area contributed by atoms with Crippen LogP contribution in [0.4, 0.5) is 5.69 Å². The molecular weight excluding hydrogens is 404 g/mol. The van der Waals surface area contributed by atoms with E-state index < -0.39 is 5.91 Å². The van der Waals surface area contributed by atoms with E-state index in [-0.39, 0.29) is 11.6 Å². The number of amides is 2. The van der Waals surface area contributed by atoms with Crippen molar-refractivity contribution in [3.05, 3.63) is 89.3 Å². The lowest BCUT2D eigenvalue weighted by Gasteiger charge is -2.06. The molecule has 0 bridgehead atoms. The molecule has 0 saturated heterocycles. The van der Waals surface area contributed by atoms with Gasteiger partial charge in [-0.2, -0.15) is 5.10 Å². The number of aromatic nitrogens is 2. The van der Waals surface area contributed by atoms with Gasteiger partial charge in [0.25, 0.3) is 11.8 Å². The molecule has 2 N–H and O–H groups in total. The summed E-state index contributed by atoms with van der Waals surface area (Å²) in [5.74, 6) is -0.0998. The molecule has 0 spiro atoms. The number of carbonyl (C=O) groups is 2. The normalized spacial score (nSPS) is 10.6. The summed E-state index contributed by atoms with van der Waals surface area (Å²) in [6.07, 6.45) is 1.55. The average Bonchev–Trinajstić information content (AvgIpc) is 3.43. The van der Waals surface area contributed by atoms with E-state index in [1.165, 1.54) is 0 Å². The van der Waals surface area contributed by atoms with Crippen molar-refractivity contribution >= 4 is 29.1 Å². The van der Waals surface area contributed by atoms with Gasteiger partial charge in [0.1, 0.15) is 5.69 Å². The molecule has 2 aromatic heterocycles. The molecule has 0 atom stereocenters. The predicted octanol–water partition coefficient (Wildman–Crippen LogP) is 4.40. The Labute approximate surface area is 177 Å². The van der Waals surface area contributed by atoms with Crippen LogP contribution >= 0.6 is 11.6 Å². The van der Waals surface area contributed by atoms with E-state index in [4.69, 9.17) is 16.0 Å². The third-order valence-corrected chi connectivity index (χ3v) is 4.61. The second-order valence-corrected chi connectivity index (χ2v) is 6.83. The minimum Gasteiger partial charge on any atom is -0.463 e. The Morgan fingerprint density at radius 2 is 1.83 bits per heavy atom. The number of benzene rings is 2. The van der Waals surface area contributed by atoms with Crippen molar-refractivity contribution in [3.63, 3.8) is 0 Å². The van der Waals surface area contributed by atoms with Gasteiger partial charge in [0.15, 0.2) is 11.5 Å². The summed E-state index contributed by atoms with van der Waals surface area (Å²) in [5.41, 5.74) is 2.40. The molecule has 0 aliphatic heterocycles. The largest absolute Gasteiger partial charge is 0.463 e. The van der Waals surface area contributed by atoms with Crippen LogP contribution in [0.1, 0.15) is 20.8 Å². The van der Waals surface area contributed by atoms with Gasteiger partial charge in [0, 0.05) is 29.4 Å². The molecule has 8 heteroatoms. The van der Waals surface area contributed by atoms with Gasteiger partial charge in [-0.1, -0.05) is 23.7 Å². The molecule has 7 nitrogen and oxygen atoms in total. The van der Waals surface area contributed by atoms with Gasteiger partial charge < -0.3 is 15.1 Å². The highest BCUT2D eigenvalue weighted by Gasteiger charge is 2.19. The molecule has 4 aromatic rings. The Balaban J connectivity index is 1.69. The van der Waals surface area contributed by atoms with Gasteiger partial charge in [0.2, 0.25) is 0 Å². The van der Waals surface area contributed by atoms with E-state index in [1.807, 2.05) is 6.07 Å². The van der Waals surface area contributed by atoms with Gasteiger partial charge >= 0.3 is 0 Å². The molecule has 0 aliphatic carbocycles. The minimum atomic E-state index is -0.419.